The Bertz CT molecular complexity index is 1480. The van der Waals surface area contributed by atoms with Crippen molar-refractivity contribution in [3.8, 4) is 22.6 Å². The minimum atomic E-state index is -1.45. The van der Waals surface area contributed by atoms with Gasteiger partial charge in [-0.2, -0.15) is 0 Å². The van der Waals surface area contributed by atoms with Crippen LogP contribution in [0, 0.1) is 0 Å². The number of ether oxygens (including phenoxy) is 2. The van der Waals surface area contributed by atoms with Crippen LogP contribution in [0.1, 0.15) is 41.4 Å². The first-order valence-corrected chi connectivity index (χ1v) is 11.2. The van der Waals surface area contributed by atoms with E-state index in [0.717, 1.165) is 0 Å². The van der Waals surface area contributed by atoms with Crippen molar-refractivity contribution in [3.63, 3.8) is 0 Å². The van der Waals surface area contributed by atoms with E-state index in [4.69, 9.17) is 13.9 Å². The van der Waals surface area contributed by atoms with Crippen LogP contribution in [0.2, 0.25) is 0 Å². The molecule has 0 saturated heterocycles. The lowest BCUT2D eigenvalue weighted by molar-refractivity contribution is -0.0765. The molecule has 35 heavy (non-hydrogen) atoms. The number of hydrogen-bond acceptors (Lipinski definition) is 7. The van der Waals surface area contributed by atoms with Crippen LogP contribution in [-0.2, 0) is 0 Å². The molecule has 1 aromatic heterocycles. The summed E-state index contributed by atoms with van der Waals surface area (Å²) in [7, 11) is 1.43. The van der Waals surface area contributed by atoms with Gasteiger partial charge < -0.3 is 24.1 Å². The molecule has 178 valence electrons. The molecule has 2 atom stereocenters. The number of ketones is 1. The Hall–Kier alpha value is -3.94. The molecular formula is C28H24O7. The van der Waals surface area contributed by atoms with E-state index in [0.29, 0.717) is 22.1 Å². The fourth-order valence-corrected chi connectivity index (χ4v) is 4.63. The second kappa shape index (κ2) is 8.37. The van der Waals surface area contributed by atoms with Crippen molar-refractivity contribution in [2.24, 2.45) is 0 Å². The zero-order valence-corrected chi connectivity index (χ0v) is 19.4. The predicted molar refractivity (Wildman–Crippen MR) is 130 cm³/mol. The maximum Gasteiger partial charge on any atom is 0.336 e. The molecule has 0 saturated carbocycles. The zero-order valence-electron chi connectivity index (χ0n) is 19.4. The van der Waals surface area contributed by atoms with E-state index in [1.54, 1.807) is 30.3 Å². The molecule has 2 N–H and O–H groups in total. The number of methoxy groups -OCH3 is 1. The van der Waals surface area contributed by atoms with Crippen LogP contribution in [0.3, 0.4) is 0 Å². The van der Waals surface area contributed by atoms with Crippen LogP contribution < -0.4 is 15.1 Å². The molecule has 1 aliphatic heterocycles. The second-order valence-corrected chi connectivity index (χ2v) is 9.03. The maximum atomic E-state index is 13.8. The molecule has 0 spiro atoms. The van der Waals surface area contributed by atoms with E-state index >= 15 is 0 Å². The number of rotatable bonds is 5. The van der Waals surface area contributed by atoms with E-state index in [-0.39, 0.29) is 28.2 Å². The zero-order chi connectivity index (χ0) is 24.9. The molecule has 7 heteroatoms. The Morgan fingerprint density at radius 2 is 1.66 bits per heavy atom. The summed E-state index contributed by atoms with van der Waals surface area (Å²) in [5, 5.41) is 22.3. The van der Waals surface area contributed by atoms with Crippen LogP contribution in [0.25, 0.3) is 22.1 Å². The topological polar surface area (TPSA) is 106 Å². The van der Waals surface area contributed by atoms with E-state index in [9.17, 15) is 19.8 Å². The standard InChI is InChI=1S/C28H24O7/c1-28(2,32)27-23(31)21-24(33-3)19-17(15-10-6-4-7-11-15)14-18(29)34-25(19)20(26(21)35-27)22(30)16-12-8-5-9-13-16/h4-14,23,27,31-32H,1-3H3/t23-,27+/m0/s1. The third kappa shape index (κ3) is 3.69. The van der Waals surface area contributed by atoms with Crippen LogP contribution in [0.5, 0.6) is 11.5 Å². The van der Waals surface area contributed by atoms with Crippen molar-refractivity contribution in [1.29, 1.82) is 0 Å². The molecule has 1 aliphatic rings. The Morgan fingerprint density at radius 1 is 1.03 bits per heavy atom. The van der Waals surface area contributed by atoms with E-state index < -0.39 is 29.2 Å². The highest BCUT2D eigenvalue weighted by atomic mass is 16.5. The number of carbonyl (C=O) groups excluding carboxylic acids is 1. The van der Waals surface area contributed by atoms with E-state index in [1.165, 1.54) is 27.0 Å². The second-order valence-electron chi connectivity index (χ2n) is 9.03. The van der Waals surface area contributed by atoms with Gasteiger partial charge in [0.15, 0.2) is 11.7 Å². The quantitative estimate of drug-likeness (QED) is 0.330. The number of benzene rings is 3. The molecule has 2 heterocycles. The van der Waals surface area contributed by atoms with Gasteiger partial charge in [-0.3, -0.25) is 4.79 Å². The minimum absolute atomic E-state index is 0.00981. The summed E-state index contributed by atoms with van der Waals surface area (Å²) in [5.41, 5.74) is -0.376. The van der Waals surface area contributed by atoms with Gasteiger partial charge in [0.2, 0.25) is 5.78 Å². The Balaban J connectivity index is 1.95. The lowest BCUT2D eigenvalue weighted by Crippen LogP contribution is -2.41. The number of hydrogen-bond donors (Lipinski definition) is 2. The predicted octanol–water partition coefficient (Wildman–Crippen LogP) is 4.26. The summed E-state index contributed by atoms with van der Waals surface area (Å²) >= 11 is 0. The molecule has 3 aromatic carbocycles. The normalized spacial score (nSPS) is 17.2. The van der Waals surface area contributed by atoms with Gasteiger partial charge in [0.05, 0.1) is 23.7 Å². The molecule has 0 fully saturated rings. The maximum absolute atomic E-state index is 13.8. The van der Waals surface area contributed by atoms with Crippen LogP contribution >= 0.6 is 0 Å². The third-order valence-corrected chi connectivity index (χ3v) is 6.21. The highest BCUT2D eigenvalue weighted by Gasteiger charge is 2.47. The fourth-order valence-electron chi connectivity index (χ4n) is 4.63. The summed E-state index contributed by atoms with van der Waals surface area (Å²) in [6, 6.07) is 19.0. The van der Waals surface area contributed by atoms with Crippen molar-refractivity contribution in [3.05, 3.63) is 93.8 Å². The lowest BCUT2D eigenvalue weighted by Gasteiger charge is -2.27. The molecule has 0 aliphatic carbocycles. The summed E-state index contributed by atoms with van der Waals surface area (Å²) in [4.78, 5) is 26.5. The van der Waals surface area contributed by atoms with Gasteiger partial charge in [0.1, 0.15) is 23.2 Å². The van der Waals surface area contributed by atoms with Crippen molar-refractivity contribution in [2.45, 2.75) is 31.7 Å². The molecule has 7 nitrogen and oxygen atoms in total. The molecule has 5 rings (SSSR count). The molecule has 0 amide bonds. The summed E-state index contributed by atoms with van der Waals surface area (Å²) < 4.78 is 17.4. The van der Waals surface area contributed by atoms with Gasteiger partial charge in [0.25, 0.3) is 0 Å². The van der Waals surface area contributed by atoms with Crippen LogP contribution in [0.4, 0.5) is 0 Å². The van der Waals surface area contributed by atoms with Gasteiger partial charge in [-0.1, -0.05) is 60.7 Å². The van der Waals surface area contributed by atoms with E-state index in [2.05, 4.69) is 0 Å². The largest absolute Gasteiger partial charge is 0.495 e. The summed E-state index contributed by atoms with van der Waals surface area (Å²) in [6.45, 7) is 3.01. The molecule has 4 aromatic rings. The average Bonchev–Trinajstić information content (AvgIpc) is 3.20. The van der Waals surface area contributed by atoms with Crippen molar-refractivity contribution >= 4 is 16.8 Å². The summed E-state index contributed by atoms with van der Waals surface area (Å²) in [5.74, 6) is -0.218. The van der Waals surface area contributed by atoms with Crippen molar-refractivity contribution in [1.82, 2.24) is 0 Å². The van der Waals surface area contributed by atoms with Gasteiger partial charge in [-0.25, -0.2) is 4.79 Å². The van der Waals surface area contributed by atoms with Gasteiger partial charge in [-0.05, 0) is 19.4 Å². The minimum Gasteiger partial charge on any atom is -0.495 e. The number of aliphatic hydroxyl groups is 2. The van der Waals surface area contributed by atoms with Gasteiger partial charge in [-0.15, -0.1) is 0 Å². The SMILES string of the molecule is COc1c2c(c(C(=O)c3ccccc3)c3oc(=O)cc(-c4ccccc4)c13)O[C@@H](C(C)(C)O)[C@H]2O. The first kappa shape index (κ1) is 22.8. The first-order valence-electron chi connectivity index (χ1n) is 11.2. The Labute approximate surface area is 201 Å². The number of carbonyl (C=O) groups is 1. The van der Waals surface area contributed by atoms with Gasteiger partial charge in [0, 0.05) is 17.2 Å². The highest BCUT2D eigenvalue weighted by Crippen LogP contribution is 2.53. The molecule has 0 bridgehead atoms. The molecule has 0 radical (unpaired) electrons. The smallest absolute Gasteiger partial charge is 0.336 e. The average molecular weight is 472 g/mol. The number of fused-ring (bicyclic) bond motifs is 2. The lowest BCUT2D eigenvalue weighted by atomic mass is 9.89. The third-order valence-electron chi connectivity index (χ3n) is 6.21. The Morgan fingerprint density at radius 3 is 2.26 bits per heavy atom. The van der Waals surface area contributed by atoms with Crippen molar-refractivity contribution in [2.75, 3.05) is 7.11 Å². The number of aliphatic hydroxyl groups excluding tert-OH is 1. The van der Waals surface area contributed by atoms with E-state index in [1.807, 2.05) is 30.3 Å². The van der Waals surface area contributed by atoms with Crippen molar-refractivity contribution < 1.29 is 28.9 Å². The Kier molecular flexibility index (Phi) is 5.46. The van der Waals surface area contributed by atoms with Crippen LogP contribution in [0.15, 0.2) is 75.9 Å². The fraction of sp³-hybridized carbons (Fsp3) is 0.214. The van der Waals surface area contributed by atoms with Crippen LogP contribution in [-0.4, -0.2) is 34.8 Å². The monoisotopic (exact) mass is 472 g/mol. The first-order chi connectivity index (χ1) is 16.7. The molecule has 0 unspecified atom stereocenters. The molecular weight excluding hydrogens is 448 g/mol. The van der Waals surface area contributed by atoms with Gasteiger partial charge >= 0.3 is 5.63 Å². The highest BCUT2D eigenvalue weighted by molar-refractivity contribution is 6.20. The summed E-state index contributed by atoms with van der Waals surface area (Å²) in [6.07, 6.45) is -2.39.